The Morgan fingerprint density at radius 2 is 2.13 bits per heavy atom. The minimum absolute atomic E-state index is 0.584. The standard InChI is InChI=1S/C11H18N4/c1-8-13-14-11(15(8)10-4-5-10)9-3-2-6-12-7-9/h9-10,12H,2-7H2,1H3. The van der Waals surface area contributed by atoms with Crippen LogP contribution < -0.4 is 5.32 Å². The van der Waals surface area contributed by atoms with Crippen molar-refractivity contribution in [3.63, 3.8) is 0 Å². The average Bonchev–Trinajstić information content (AvgIpc) is 3.03. The van der Waals surface area contributed by atoms with E-state index in [1.54, 1.807) is 0 Å². The summed E-state index contributed by atoms with van der Waals surface area (Å²) in [5, 5.41) is 12.1. The zero-order valence-electron chi connectivity index (χ0n) is 9.24. The van der Waals surface area contributed by atoms with Gasteiger partial charge in [0.15, 0.2) is 0 Å². The third kappa shape index (κ3) is 1.67. The van der Waals surface area contributed by atoms with Gasteiger partial charge in [-0.3, -0.25) is 0 Å². The molecule has 1 aromatic heterocycles. The van der Waals surface area contributed by atoms with Crippen LogP contribution in [0.25, 0.3) is 0 Å². The molecule has 2 heterocycles. The second-order valence-electron chi connectivity index (χ2n) is 4.75. The summed E-state index contributed by atoms with van der Waals surface area (Å²) in [5.41, 5.74) is 0. The highest BCUT2D eigenvalue weighted by Gasteiger charge is 2.31. The molecule has 0 aromatic carbocycles. The molecule has 82 valence electrons. The van der Waals surface area contributed by atoms with E-state index in [9.17, 15) is 0 Å². The Labute approximate surface area is 90.1 Å². The first-order valence-corrected chi connectivity index (χ1v) is 5.98. The summed E-state index contributed by atoms with van der Waals surface area (Å²) < 4.78 is 2.37. The molecule has 0 spiro atoms. The fourth-order valence-corrected chi connectivity index (χ4v) is 2.52. The van der Waals surface area contributed by atoms with E-state index in [4.69, 9.17) is 0 Å². The summed E-state index contributed by atoms with van der Waals surface area (Å²) in [6.45, 7) is 4.31. The largest absolute Gasteiger partial charge is 0.316 e. The molecule has 1 unspecified atom stereocenters. The Hall–Kier alpha value is -0.900. The van der Waals surface area contributed by atoms with Crippen LogP contribution in [0.2, 0.25) is 0 Å². The number of nitrogens with one attached hydrogen (secondary N) is 1. The maximum absolute atomic E-state index is 4.37. The van der Waals surface area contributed by atoms with Crippen LogP contribution in [-0.2, 0) is 0 Å². The third-order valence-electron chi connectivity index (χ3n) is 3.47. The van der Waals surface area contributed by atoms with Crippen molar-refractivity contribution >= 4 is 0 Å². The highest BCUT2D eigenvalue weighted by Crippen LogP contribution is 2.38. The maximum Gasteiger partial charge on any atom is 0.137 e. The van der Waals surface area contributed by atoms with Crippen LogP contribution in [0.3, 0.4) is 0 Å². The molecule has 2 fully saturated rings. The van der Waals surface area contributed by atoms with Gasteiger partial charge in [0.2, 0.25) is 0 Å². The summed E-state index contributed by atoms with van der Waals surface area (Å²) in [6, 6.07) is 0.705. The van der Waals surface area contributed by atoms with Gasteiger partial charge >= 0.3 is 0 Å². The van der Waals surface area contributed by atoms with Gasteiger partial charge in [-0.1, -0.05) is 0 Å². The molecular formula is C11H18N4. The van der Waals surface area contributed by atoms with Crippen molar-refractivity contribution < 1.29 is 0 Å². The predicted molar refractivity (Wildman–Crippen MR) is 57.9 cm³/mol. The van der Waals surface area contributed by atoms with Gasteiger partial charge in [-0.25, -0.2) is 0 Å². The number of hydrogen-bond acceptors (Lipinski definition) is 3. The van der Waals surface area contributed by atoms with E-state index >= 15 is 0 Å². The first kappa shape index (κ1) is 9.33. The quantitative estimate of drug-likeness (QED) is 0.795. The van der Waals surface area contributed by atoms with Crippen molar-refractivity contribution in [2.75, 3.05) is 13.1 Å². The number of nitrogens with zero attached hydrogens (tertiary/aromatic N) is 3. The van der Waals surface area contributed by atoms with Crippen LogP contribution >= 0.6 is 0 Å². The smallest absolute Gasteiger partial charge is 0.137 e. The number of aromatic nitrogens is 3. The summed E-state index contributed by atoms with van der Waals surface area (Å²) in [6.07, 6.45) is 5.15. The average molecular weight is 206 g/mol. The van der Waals surface area contributed by atoms with Crippen LogP contribution in [0.5, 0.6) is 0 Å². The minimum Gasteiger partial charge on any atom is -0.316 e. The summed E-state index contributed by atoms with van der Waals surface area (Å²) >= 11 is 0. The van der Waals surface area contributed by atoms with Crippen molar-refractivity contribution in [1.29, 1.82) is 0 Å². The lowest BCUT2D eigenvalue weighted by molar-refractivity contribution is 0.431. The molecule has 0 bridgehead atoms. The van der Waals surface area contributed by atoms with E-state index in [1.807, 2.05) is 0 Å². The second-order valence-corrected chi connectivity index (χ2v) is 4.75. The number of piperidine rings is 1. The van der Waals surface area contributed by atoms with Crippen LogP contribution in [0.15, 0.2) is 0 Å². The molecule has 1 aliphatic carbocycles. The molecule has 2 aliphatic rings. The van der Waals surface area contributed by atoms with E-state index in [0.717, 1.165) is 18.9 Å². The zero-order valence-corrected chi connectivity index (χ0v) is 9.24. The molecule has 1 aliphatic heterocycles. The Morgan fingerprint density at radius 1 is 1.27 bits per heavy atom. The van der Waals surface area contributed by atoms with Crippen molar-refractivity contribution in [1.82, 2.24) is 20.1 Å². The third-order valence-corrected chi connectivity index (χ3v) is 3.47. The number of hydrogen-bond donors (Lipinski definition) is 1. The molecule has 1 atom stereocenters. The van der Waals surface area contributed by atoms with Gasteiger partial charge in [0.05, 0.1) is 0 Å². The SMILES string of the molecule is Cc1nnc(C2CCCNC2)n1C1CC1. The number of aryl methyl sites for hydroxylation is 1. The van der Waals surface area contributed by atoms with Crippen LogP contribution in [0.1, 0.15) is 49.3 Å². The fraction of sp³-hybridized carbons (Fsp3) is 0.818. The van der Waals surface area contributed by atoms with Crippen LogP contribution in [-0.4, -0.2) is 27.9 Å². The lowest BCUT2D eigenvalue weighted by Gasteiger charge is -2.22. The van der Waals surface area contributed by atoms with Crippen molar-refractivity contribution in [2.45, 2.75) is 44.6 Å². The summed E-state index contributed by atoms with van der Waals surface area (Å²) in [5.74, 6) is 2.90. The zero-order chi connectivity index (χ0) is 10.3. The molecule has 0 radical (unpaired) electrons. The van der Waals surface area contributed by atoms with Gasteiger partial charge in [-0.2, -0.15) is 0 Å². The molecule has 4 heteroatoms. The molecule has 15 heavy (non-hydrogen) atoms. The molecule has 1 saturated heterocycles. The maximum atomic E-state index is 4.37. The van der Waals surface area contributed by atoms with Gasteiger partial charge in [0, 0.05) is 18.5 Å². The van der Waals surface area contributed by atoms with Gasteiger partial charge in [-0.05, 0) is 39.2 Å². The monoisotopic (exact) mass is 206 g/mol. The van der Waals surface area contributed by atoms with E-state index in [-0.39, 0.29) is 0 Å². The van der Waals surface area contributed by atoms with E-state index in [0.29, 0.717) is 12.0 Å². The van der Waals surface area contributed by atoms with Crippen molar-refractivity contribution in [2.24, 2.45) is 0 Å². The Balaban J connectivity index is 1.89. The highest BCUT2D eigenvalue weighted by molar-refractivity contribution is 5.07. The number of rotatable bonds is 2. The molecule has 1 N–H and O–H groups in total. The summed E-state index contributed by atoms with van der Waals surface area (Å²) in [4.78, 5) is 0. The molecule has 3 rings (SSSR count). The topological polar surface area (TPSA) is 42.7 Å². The van der Waals surface area contributed by atoms with E-state index in [2.05, 4.69) is 27.0 Å². The van der Waals surface area contributed by atoms with Crippen molar-refractivity contribution in [3.8, 4) is 0 Å². The normalized spacial score (nSPS) is 26.9. The minimum atomic E-state index is 0.584. The first-order chi connectivity index (χ1) is 7.36. The first-order valence-electron chi connectivity index (χ1n) is 5.98. The van der Waals surface area contributed by atoms with Gasteiger partial charge in [0.1, 0.15) is 11.6 Å². The van der Waals surface area contributed by atoms with Gasteiger partial charge < -0.3 is 9.88 Å². The van der Waals surface area contributed by atoms with Crippen LogP contribution in [0.4, 0.5) is 0 Å². The Kier molecular flexibility index (Phi) is 2.24. The molecule has 4 nitrogen and oxygen atoms in total. The molecule has 1 aromatic rings. The predicted octanol–water partition coefficient (Wildman–Crippen LogP) is 1.39. The fourth-order valence-electron chi connectivity index (χ4n) is 2.52. The van der Waals surface area contributed by atoms with Crippen LogP contribution in [0, 0.1) is 6.92 Å². The summed E-state index contributed by atoms with van der Waals surface area (Å²) in [7, 11) is 0. The van der Waals surface area contributed by atoms with E-state index in [1.165, 1.54) is 31.5 Å². The Morgan fingerprint density at radius 3 is 2.80 bits per heavy atom. The Bertz CT molecular complexity index is 347. The molecular weight excluding hydrogens is 188 g/mol. The van der Waals surface area contributed by atoms with Crippen molar-refractivity contribution in [3.05, 3.63) is 11.6 Å². The van der Waals surface area contributed by atoms with Gasteiger partial charge in [0.25, 0.3) is 0 Å². The lowest BCUT2D eigenvalue weighted by atomic mass is 9.99. The second kappa shape index (κ2) is 3.59. The van der Waals surface area contributed by atoms with E-state index < -0.39 is 0 Å². The molecule has 1 saturated carbocycles. The van der Waals surface area contributed by atoms with Gasteiger partial charge in [-0.15, -0.1) is 10.2 Å². The molecule has 0 amide bonds. The lowest BCUT2D eigenvalue weighted by Crippen LogP contribution is -2.30. The highest BCUT2D eigenvalue weighted by atomic mass is 15.3.